The maximum Gasteiger partial charge on any atom is 0.419 e. The van der Waals surface area contributed by atoms with Gasteiger partial charge in [0.15, 0.2) is 5.58 Å². The van der Waals surface area contributed by atoms with Gasteiger partial charge in [0.25, 0.3) is 0 Å². The zero-order valence-electron chi connectivity index (χ0n) is 13.3. The van der Waals surface area contributed by atoms with Crippen molar-refractivity contribution < 1.29 is 13.9 Å². The molecule has 0 bridgehead atoms. The lowest BCUT2D eigenvalue weighted by atomic mass is 10.2. The minimum absolute atomic E-state index is 0.0242. The van der Waals surface area contributed by atoms with E-state index in [0.29, 0.717) is 23.4 Å². The molecule has 1 aromatic heterocycles. The van der Waals surface area contributed by atoms with Gasteiger partial charge < -0.3 is 14.5 Å². The number of nitrogens with one attached hydrogen (secondary N) is 1. The number of nitrogens with zero attached hydrogens (tertiary/aromatic N) is 1. The maximum atomic E-state index is 11.9. The van der Waals surface area contributed by atoms with Gasteiger partial charge in [-0.05, 0) is 24.1 Å². The van der Waals surface area contributed by atoms with Crippen LogP contribution in [0.2, 0.25) is 0 Å². The van der Waals surface area contributed by atoms with E-state index < -0.39 is 5.76 Å². The average molecular weight is 326 g/mol. The average Bonchev–Trinajstić information content (AvgIpc) is 2.86. The van der Waals surface area contributed by atoms with Crippen LogP contribution in [-0.4, -0.2) is 23.7 Å². The number of rotatable bonds is 6. The minimum Gasteiger partial charge on any atom is -0.408 e. The molecule has 0 atom stereocenters. The number of amides is 1. The number of carbonyl (C=O) groups is 1. The smallest absolute Gasteiger partial charge is 0.408 e. The van der Waals surface area contributed by atoms with E-state index in [2.05, 4.69) is 5.32 Å². The van der Waals surface area contributed by atoms with E-state index in [4.69, 9.17) is 9.15 Å². The summed E-state index contributed by atoms with van der Waals surface area (Å²) in [5, 5.41) is 2.73. The lowest BCUT2D eigenvalue weighted by Crippen LogP contribution is -2.19. The SMILES string of the molecule is Cn1c(=O)oc2cc(NC(=O)COCCc3ccccc3)ccc21. The summed E-state index contributed by atoms with van der Waals surface area (Å²) in [6.07, 6.45) is 0.759. The van der Waals surface area contributed by atoms with Gasteiger partial charge in [0.05, 0.1) is 12.1 Å². The van der Waals surface area contributed by atoms with Crippen LogP contribution in [0.1, 0.15) is 5.56 Å². The fourth-order valence-corrected chi connectivity index (χ4v) is 2.41. The van der Waals surface area contributed by atoms with Crippen LogP contribution in [0.5, 0.6) is 0 Å². The molecule has 0 aliphatic heterocycles. The largest absolute Gasteiger partial charge is 0.419 e. The van der Waals surface area contributed by atoms with Crippen LogP contribution in [0.25, 0.3) is 11.1 Å². The molecule has 1 heterocycles. The highest BCUT2D eigenvalue weighted by atomic mass is 16.5. The van der Waals surface area contributed by atoms with Crippen molar-refractivity contribution in [2.24, 2.45) is 7.05 Å². The number of ether oxygens (including phenoxy) is 1. The summed E-state index contributed by atoms with van der Waals surface area (Å²) in [6.45, 7) is 0.452. The molecule has 0 spiro atoms. The first kappa shape index (κ1) is 16.0. The van der Waals surface area contributed by atoms with Crippen LogP contribution in [0, 0.1) is 0 Å². The molecule has 0 fully saturated rings. The predicted octanol–water partition coefficient (Wildman–Crippen LogP) is 2.33. The number of benzene rings is 2. The van der Waals surface area contributed by atoms with Gasteiger partial charge in [-0.1, -0.05) is 30.3 Å². The summed E-state index contributed by atoms with van der Waals surface area (Å²) < 4.78 is 11.9. The molecule has 3 aromatic rings. The lowest BCUT2D eigenvalue weighted by Gasteiger charge is -2.06. The number of hydrogen-bond donors (Lipinski definition) is 1. The van der Waals surface area contributed by atoms with Crippen molar-refractivity contribution >= 4 is 22.7 Å². The van der Waals surface area contributed by atoms with Gasteiger partial charge in [-0.2, -0.15) is 0 Å². The highest BCUT2D eigenvalue weighted by Crippen LogP contribution is 2.17. The van der Waals surface area contributed by atoms with Gasteiger partial charge in [-0.25, -0.2) is 4.79 Å². The third-order valence-corrected chi connectivity index (χ3v) is 3.69. The van der Waals surface area contributed by atoms with E-state index in [1.165, 1.54) is 10.1 Å². The van der Waals surface area contributed by atoms with Crippen LogP contribution in [0.3, 0.4) is 0 Å². The van der Waals surface area contributed by atoms with E-state index in [-0.39, 0.29) is 12.5 Å². The molecule has 0 radical (unpaired) electrons. The maximum absolute atomic E-state index is 11.9. The van der Waals surface area contributed by atoms with Gasteiger partial charge in [0.2, 0.25) is 5.91 Å². The molecule has 1 N–H and O–H groups in total. The third-order valence-electron chi connectivity index (χ3n) is 3.69. The van der Waals surface area contributed by atoms with E-state index in [1.807, 2.05) is 30.3 Å². The second kappa shape index (κ2) is 7.14. The number of carbonyl (C=O) groups excluding carboxylic acids is 1. The molecular weight excluding hydrogens is 308 g/mol. The van der Waals surface area contributed by atoms with E-state index in [0.717, 1.165) is 6.42 Å². The Hall–Kier alpha value is -2.86. The van der Waals surface area contributed by atoms with Crippen LogP contribution in [0.15, 0.2) is 57.7 Å². The van der Waals surface area contributed by atoms with Gasteiger partial charge in [0.1, 0.15) is 6.61 Å². The van der Waals surface area contributed by atoms with Crippen molar-refractivity contribution in [3.05, 3.63) is 64.6 Å². The first-order chi connectivity index (χ1) is 11.6. The molecule has 24 heavy (non-hydrogen) atoms. The molecule has 6 heteroatoms. The number of aromatic nitrogens is 1. The summed E-state index contributed by atoms with van der Waals surface area (Å²) in [7, 11) is 1.63. The van der Waals surface area contributed by atoms with Crippen molar-refractivity contribution in [2.45, 2.75) is 6.42 Å². The molecule has 6 nitrogen and oxygen atoms in total. The summed E-state index contributed by atoms with van der Waals surface area (Å²) in [6, 6.07) is 15.0. The molecule has 124 valence electrons. The number of oxazole rings is 1. The normalized spacial score (nSPS) is 10.9. The second-order valence-electron chi connectivity index (χ2n) is 5.45. The molecule has 0 unspecified atom stereocenters. The Balaban J connectivity index is 1.50. The molecule has 1 amide bonds. The standard InChI is InChI=1S/C18H18N2O4/c1-20-15-8-7-14(11-16(15)24-18(20)22)19-17(21)12-23-10-9-13-5-3-2-4-6-13/h2-8,11H,9-10,12H2,1H3,(H,19,21). The van der Waals surface area contributed by atoms with Crippen molar-refractivity contribution in [3.63, 3.8) is 0 Å². The predicted molar refractivity (Wildman–Crippen MR) is 91.0 cm³/mol. The molecule has 0 saturated heterocycles. The third kappa shape index (κ3) is 3.72. The van der Waals surface area contributed by atoms with Crippen molar-refractivity contribution in [1.29, 1.82) is 0 Å². The Morgan fingerprint density at radius 3 is 2.79 bits per heavy atom. The van der Waals surface area contributed by atoms with Gasteiger partial charge >= 0.3 is 5.76 Å². The second-order valence-corrected chi connectivity index (χ2v) is 5.45. The van der Waals surface area contributed by atoms with E-state index in [1.54, 1.807) is 25.2 Å². The van der Waals surface area contributed by atoms with Gasteiger partial charge in [-0.3, -0.25) is 9.36 Å². The quantitative estimate of drug-likeness (QED) is 0.706. The summed E-state index contributed by atoms with van der Waals surface area (Å²) >= 11 is 0. The lowest BCUT2D eigenvalue weighted by molar-refractivity contribution is -0.120. The first-order valence-electron chi connectivity index (χ1n) is 7.64. The monoisotopic (exact) mass is 326 g/mol. The zero-order chi connectivity index (χ0) is 16.9. The molecular formula is C18H18N2O4. The summed E-state index contributed by atoms with van der Waals surface area (Å²) in [4.78, 5) is 23.4. The zero-order valence-corrected chi connectivity index (χ0v) is 13.3. The highest BCUT2D eigenvalue weighted by Gasteiger charge is 2.08. The van der Waals surface area contributed by atoms with Gasteiger partial charge in [0, 0.05) is 18.8 Å². The Morgan fingerprint density at radius 2 is 2.00 bits per heavy atom. The highest BCUT2D eigenvalue weighted by molar-refractivity contribution is 5.93. The van der Waals surface area contributed by atoms with Gasteiger partial charge in [-0.15, -0.1) is 0 Å². The minimum atomic E-state index is -0.433. The fourth-order valence-electron chi connectivity index (χ4n) is 2.41. The molecule has 2 aromatic carbocycles. The number of fused-ring (bicyclic) bond motifs is 1. The number of hydrogen-bond acceptors (Lipinski definition) is 4. The van der Waals surface area contributed by atoms with Crippen molar-refractivity contribution in [3.8, 4) is 0 Å². The van der Waals surface area contributed by atoms with Crippen molar-refractivity contribution in [2.75, 3.05) is 18.5 Å². The first-order valence-corrected chi connectivity index (χ1v) is 7.64. The summed E-state index contributed by atoms with van der Waals surface area (Å²) in [5.41, 5.74) is 2.85. The van der Waals surface area contributed by atoms with Crippen LogP contribution < -0.4 is 11.1 Å². The Labute approximate surface area is 138 Å². The summed E-state index contributed by atoms with van der Waals surface area (Å²) in [5.74, 6) is -0.682. The molecule has 0 saturated carbocycles. The topological polar surface area (TPSA) is 73.5 Å². The Morgan fingerprint density at radius 1 is 1.21 bits per heavy atom. The number of aryl methyl sites for hydroxylation is 1. The Bertz CT molecular complexity index is 896. The van der Waals surface area contributed by atoms with Crippen LogP contribution >= 0.6 is 0 Å². The van der Waals surface area contributed by atoms with Crippen LogP contribution in [-0.2, 0) is 23.0 Å². The molecule has 0 aliphatic rings. The van der Waals surface area contributed by atoms with Crippen LogP contribution in [0.4, 0.5) is 5.69 Å². The van der Waals surface area contributed by atoms with E-state index in [9.17, 15) is 9.59 Å². The molecule has 0 aliphatic carbocycles. The molecule has 3 rings (SSSR count). The number of anilines is 1. The Kier molecular flexibility index (Phi) is 4.77. The van der Waals surface area contributed by atoms with E-state index >= 15 is 0 Å². The fraction of sp³-hybridized carbons (Fsp3) is 0.222. The van der Waals surface area contributed by atoms with Crippen molar-refractivity contribution in [1.82, 2.24) is 4.57 Å².